The van der Waals surface area contributed by atoms with Crippen LogP contribution >= 0.6 is 22.6 Å². The summed E-state index contributed by atoms with van der Waals surface area (Å²) in [7, 11) is 0. The molecule has 3 rings (SSSR count). The van der Waals surface area contributed by atoms with Crippen LogP contribution in [0.3, 0.4) is 0 Å². The summed E-state index contributed by atoms with van der Waals surface area (Å²) in [6, 6.07) is 0. The van der Waals surface area contributed by atoms with Gasteiger partial charge < -0.3 is 14.4 Å². The summed E-state index contributed by atoms with van der Waals surface area (Å²) in [5, 5.41) is 0. The minimum Gasteiger partial charge on any atom is -0.391 e. The predicted molar refractivity (Wildman–Crippen MR) is 90.3 cm³/mol. The van der Waals surface area contributed by atoms with E-state index < -0.39 is 6.97 Å². The number of hydrogen-bond acceptors (Lipinski definition) is 2. The zero-order valence-corrected chi connectivity index (χ0v) is 14.3. The Labute approximate surface area is 140 Å². The number of nitrogens with two attached hydrogens (primary N) is 1. The number of fused-ring (bicyclic) bond motifs is 1. The van der Waals surface area contributed by atoms with Gasteiger partial charge in [0.15, 0.2) is 22.9 Å². The molecule has 0 aliphatic carbocycles. The van der Waals surface area contributed by atoms with E-state index in [1.807, 2.05) is 22.6 Å². The van der Waals surface area contributed by atoms with Crippen molar-refractivity contribution in [2.24, 2.45) is 5.73 Å². The highest BCUT2D eigenvalue weighted by Gasteiger charge is 2.65. The van der Waals surface area contributed by atoms with Crippen LogP contribution in [0.4, 0.5) is 8.63 Å². The highest BCUT2D eigenvalue weighted by Crippen LogP contribution is 2.34. The van der Waals surface area contributed by atoms with Crippen LogP contribution in [0.15, 0.2) is 47.0 Å². The van der Waals surface area contributed by atoms with Crippen LogP contribution in [0.25, 0.3) is 0 Å². The molecule has 114 valence electrons. The Hall–Kier alpha value is -1.58. The molecule has 8 heteroatoms. The number of allylic oxidation sites excluding steroid dienone is 6. The maximum Gasteiger partial charge on any atom is 0.924 e. The monoisotopic (exact) mass is 416 g/mol. The molecule has 22 heavy (non-hydrogen) atoms. The molecule has 0 bridgehead atoms. The number of ketones is 1. The lowest BCUT2D eigenvalue weighted by molar-refractivity contribution is -0.515. The number of halogens is 3. The number of rotatable bonds is 2. The third-order valence-corrected chi connectivity index (χ3v) is 4.72. The highest BCUT2D eigenvalue weighted by molar-refractivity contribution is 14.1. The molecule has 0 unspecified atom stereocenters. The second-order valence-corrected chi connectivity index (χ2v) is 6.20. The van der Waals surface area contributed by atoms with E-state index in [0.717, 1.165) is 14.5 Å². The lowest BCUT2D eigenvalue weighted by Gasteiger charge is -2.23. The van der Waals surface area contributed by atoms with Crippen LogP contribution in [0, 0.1) is 0 Å². The van der Waals surface area contributed by atoms with Crippen molar-refractivity contribution in [3.05, 3.63) is 47.0 Å². The molecule has 2 N–H and O–H groups in total. The molecule has 0 saturated carbocycles. The fraction of sp³-hybridized carbons (Fsp3) is 0.214. The predicted octanol–water partition coefficient (Wildman–Crippen LogP) is 1.89. The molecule has 4 nitrogen and oxygen atoms in total. The van der Waals surface area contributed by atoms with E-state index in [-0.39, 0.29) is 21.6 Å². The fourth-order valence-corrected chi connectivity index (χ4v) is 3.46. The van der Waals surface area contributed by atoms with Crippen LogP contribution in [-0.4, -0.2) is 37.6 Å². The van der Waals surface area contributed by atoms with E-state index >= 15 is 8.63 Å². The van der Waals surface area contributed by atoms with Gasteiger partial charge in [-0.05, 0) is 6.92 Å². The topological polar surface area (TPSA) is 49.1 Å². The Morgan fingerprint density at radius 3 is 2.59 bits per heavy atom. The second-order valence-electron chi connectivity index (χ2n) is 5.44. The number of hydrogen-bond donors (Lipinski definition) is 1. The van der Waals surface area contributed by atoms with E-state index in [9.17, 15) is 4.79 Å². The minimum atomic E-state index is -4.08. The molecule has 0 amide bonds. The van der Waals surface area contributed by atoms with E-state index in [2.05, 4.69) is 0 Å². The molecular formula is C14H14BF2IN3O+. The first-order chi connectivity index (χ1) is 10.3. The quantitative estimate of drug-likeness (QED) is 0.324. The Balaban J connectivity index is 2.24. The van der Waals surface area contributed by atoms with Gasteiger partial charge in [-0.1, -0.05) is 22.6 Å². The first-order valence-electron chi connectivity index (χ1n) is 6.78. The molecule has 0 aromatic carbocycles. The van der Waals surface area contributed by atoms with Gasteiger partial charge in [-0.2, -0.15) is 0 Å². The maximum atomic E-state index is 15.1. The highest BCUT2D eigenvalue weighted by atomic mass is 127. The van der Waals surface area contributed by atoms with Crippen molar-refractivity contribution in [3.8, 4) is 0 Å². The lowest BCUT2D eigenvalue weighted by Crippen LogP contribution is -2.54. The summed E-state index contributed by atoms with van der Waals surface area (Å²) in [5.74, 6) is -0.348. The van der Waals surface area contributed by atoms with Crippen molar-refractivity contribution < 1.29 is 22.4 Å². The smallest absolute Gasteiger partial charge is 0.391 e. The lowest BCUT2D eigenvalue weighted by atomic mass is 9.89. The fourth-order valence-electron chi connectivity index (χ4n) is 3.05. The minimum absolute atomic E-state index is 0.0781. The molecule has 3 aliphatic rings. The third-order valence-electron chi connectivity index (χ3n) is 4.02. The molecule has 0 atom stereocenters. The molecule has 0 aromatic heterocycles. The second kappa shape index (κ2) is 4.97. The van der Waals surface area contributed by atoms with Gasteiger partial charge in [-0.15, -0.1) is 0 Å². The Kier molecular flexibility index (Phi) is 3.46. The molecule has 3 heterocycles. The first kappa shape index (κ1) is 15.3. The Morgan fingerprint density at radius 2 is 1.95 bits per heavy atom. The van der Waals surface area contributed by atoms with Crippen LogP contribution in [0.2, 0.25) is 0 Å². The molecule has 0 fully saturated rings. The first-order valence-corrected chi connectivity index (χ1v) is 8.30. The number of Topliss-reactive ketones (excluding diaryl/α,β-unsaturated/α-hetero) is 1. The van der Waals surface area contributed by atoms with Gasteiger partial charge in [-0.3, -0.25) is 13.8 Å². The van der Waals surface area contributed by atoms with Gasteiger partial charge >= 0.3 is 6.97 Å². The molecule has 0 saturated heterocycles. The van der Waals surface area contributed by atoms with Crippen LogP contribution in [0.1, 0.15) is 13.8 Å². The molecular weight excluding hydrogens is 402 g/mol. The van der Waals surface area contributed by atoms with E-state index in [0.29, 0.717) is 17.1 Å². The van der Waals surface area contributed by atoms with Gasteiger partial charge in [0.2, 0.25) is 0 Å². The van der Waals surface area contributed by atoms with Gasteiger partial charge in [0.1, 0.15) is 11.4 Å². The van der Waals surface area contributed by atoms with Crippen molar-refractivity contribution in [2.45, 2.75) is 13.8 Å². The number of carbonyl (C=O) groups excluding carboxylic acids is 1. The number of alkyl halides is 1. The maximum absolute atomic E-state index is 15.1. The van der Waals surface area contributed by atoms with E-state index in [1.54, 1.807) is 32.1 Å². The summed E-state index contributed by atoms with van der Waals surface area (Å²) < 4.78 is 32.2. The molecule has 3 aliphatic heterocycles. The third kappa shape index (κ3) is 1.96. The summed E-state index contributed by atoms with van der Waals surface area (Å²) in [6.07, 6.45) is 6.49. The molecule has 0 aromatic rings. The van der Waals surface area contributed by atoms with Crippen molar-refractivity contribution in [3.63, 3.8) is 0 Å². The van der Waals surface area contributed by atoms with Crippen molar-refractivity contribution in [1.29, 1.82) is 0 Å². The van der Waals surface area contributed by atoms with Gasteiger partial charge in [0.05, 0.1) is 10.5 Å². The van der Waals surface area contributed by atoms with Crippen molar-refractivity contribution in [2.75, 3.05) is 4.43 Å². The Bertz CT molecular complexity index is 803. The van der Waals surface area contributed by atoms with Crippen LogP contribution < -0.4 is 5.73 Å². The van der Waals surface area contributed by atoms with Crippen molar-refractivity contribution >= 4 is 46.8 Å². The zero-order chi connectivity index (χ0) is 16.2. The number of nitrogens with zero attached hydrogens (tertiary/aromatic N) is 2. The summed E-state index contributed by atoms with van der Waals surface area (Å²) >= 11 is 1.87. The van der Waals surface area contributed by atoms with Crippen LogP contribution in [-0.2, 0) is 4.79 Å². The van der Waals surface area contributed by atoms with Gasteiger partial charge in [-0.25, -0.2) is 0 Å². The molecule has 0 radical (unpaired) electrons. The number of carbonyl (C=O) groups is 1. The zero-order valence-electron chi connectivity index (χ0n) is 12.1. The van der Waals surface area contributed by atoms with Crippen LogP contribution in [0.5, 0.6) is 0 Å². The summed E-state index contributed by atoms with van der Waals surface area (Å²) in [4.78, 5) is 11.8. The SMILES string of the molecule is CC1=CC(C)=[N+]2C1=CC1=[N+](C(=C(N)C(=O)CI)C=C1)[B-]2(F)F. The summed E-state index contributed by atoms with van der Waals surface area (Å²) in [6.45, 7) is -0.626. The normalized spacial score (nSPS) is 24.2. The standard InChI is InChI=1S/C14H14BF2IN3O/c1-8-5-9(2)20-12(8)6-10-3-4-11(14(19)13(22)7-18)21(10)15(20,16)17/h3-6H,7,19H2,1-2H3/q+1. The van der Waals surface area contributed by atoms with E-state index in [1.165, 1.54) is 6.08 Å². The van der Waals surface area contributed by atoms with Gasteiger partial charge in [0.25, 0.3) is 0 Å². The molecule has 0 spiro atoms. The van der Waals surface area contributed by atoms with Crippen molar-refractivity contribution in [1.82, 2.24) is 0 Å². The van der Waals surface area contributed by atoms with E-state index in [4.69, 9.17) is 5.73 Å². The average molecular weight is 416 g/mol. The largest absolute Gasteiger partial charge is 0.924 e. The Morgan fingerprint density at radius 1 is 1.27 bits per heavy atom. The van der Waals surface area contributed by atoms with Gasteiger partial charge in [0, 0.05) is 30.7 Å². The average Bonchev–Trinajstić information content (AvgIpc) is 3.00. The summed E-state index contributed by atoms with van der Waals surface area (Å²) in [5.41, 5.74) is 7.89.